The number of hydrogen-bond donors (Lipinski definition) is 1. The number of fused-ring (bicyclic) bond motifs is 1. The monoisotopic (exact) mass is 399 g/mol. The third-order valence-electron chi connectivity index (χ3n) is 4.72. The molecule has 0 unspecified atom stereocenters. The van der Waals surface area contributed by atoms with E-state index >= 15 is 0 Å². The number of benzene rings is 1. The molecule has 2 fully saturated rings. The van der Waals surface area contributed by atoms with E-state index in [0.29, 0.717) is 11.3 Å². The third kappa shape index (κ3) is 3.75. The lowest BCUT2D eigenvalue weighted by Gasteiger charge is -2.17. The summed E-state index contributed by atoms with van der Waals surface area (Å²) in [6.07, 6.45) is -0.680. The Morgan fingerprint density at radius 3 is 2.93 bits per heavy atom. The zero-order valence-electron chi connectivity index (χ0n) is 15.3. The second-order valence-electron chi connectivity index (χ2n) is 6.50. The highest BCUT2D eigenvalue weighted by molar-refractivity contribution is 5.86. The maximum Gasteiger partial charge on any atom is 0.412 e. The summed E-state index contributed by atoms with van der Waals surface area (Å²) >= 11 is 0. The van der Waals surface area contributed by atoms with Crippen molar-refractivity contribution >= 4 is 17.7 Å². The molecule has 11 nitrogen and oxygen atoms in total. The molecule has 0 bridgehead atoms. The van der Waals surface area contributed by atoms with Crippen molar-refractivity contribution in [2.24, 2.45) is 0 Å². The zero-order valence-corrected chi connectivity index (χ0v) is 15.3. The highest BCUT2D eigenvalue weighted by Crippen LogP contribution is 2.35. The molecule has 11 heteroatoms. The Morgan fingerprint density at radius 2 is 2.14 bits per heavy atom. The van der Waals surface area contributed by atoms with Crippen molar-refractivity contribution in [2.45, 2.75) is 24.4 Å². The summed E-state index contributed by atoms with van der Waals surface area (Å²) in [6.45, 7) is 0.432. The van der Waals surface area contributed by atoms with E-state index in [-0.39, 0.29) is 24.9 Å². The number of hydrogen-bond acceptors (Lipinski definition) is 9. The molecule has 1 amide bonds. The standard InChI is InChI=1S/C18H17N5O6/c1-26-17(24)12-7-23(22-21-12)13-8-27-16-14(9-28-15(13)16)29-18(25)20-11-4-2-3-10(5-11)6-19/h2-5,7,13-16H,8-9H2,1H3,(H,20,25)/t13-,14+,15+,16+/m0/s1. The molecule has 0 spiro atoms. The van der Waals surface area contributed by atoms with Gasteiger partial charge >= 0.3 is 12.1 Å². The molecular weight excluding hydrogens is 382 g/mol. The minimum Gasteiger partial charge on any atom is -0.464 e. The number of nitriles is 1. The van der Waals surface area contributed by atoms with E-state index in [9.17, 15) is 9.59 Å². The number of amides is 1. The maximum absolute atomic E-state index is 12.2. The van der Waals surface area contributed by atoms with Crippen molar-refractivity contribution in [3.8, 4) is 6.07 Å². The van der Waals surface area contributed by atoms with Gasteiger partial charge in [-0.2, -0.15) is 5.26 Å². The van der Waals surface area contributed by atoms with E-state index in [1.807, 2.05) is 6.07 Å². The fourth-order valence-electron chi connectivity index (χ4n) is 3.36. The van der Waals surface area contributed by atoms with E-state index in [4.69, 9.17) is 19.5 Å². The first-order valence-corrected chi connectivity index (χ1v) is 8.80. The molecule has 3 heterocycles. The molecule has 2 aromatic rings. The predicted molar refractivity (Wildman–Crippen MR) is 94.9 cm³/mol. The Morgan fingerprint density at radius 1 is 1.31 bits per heavy atom. The largest absolute Gasteiger partial charge is 0.464 e. The molecule has 1 aromatic heterocycles. The van der Waals surface area contributed by atoms with Gasteiger partial charge in [0, 0.05) is 5.69 Å². The average Bonchev–Trinajstić information content (AvgIpc) is 3.45. The number of rotatable bonds is 4. The van der Waals surface area contributed by atoms with Crippen LogP contribution in [-0.4, -0.2) is 65.7 Å². The lowest BCUT2D eigenvalue weighted by Crippen LogP contribution is -2.34. The van der Waals surface area contributed by atoms with Gasteiger partial charge in [-0.05, 0) is 18.2 Å². The number of nitrogens with one attached hydrogen (secondary N) is 1. The van der Waals surface area contributed by atoms with Crippen LogP contribution in [0.15, 0.2) is 30.5 Å². The van der Waals surface area contributed by atoms with Gasteiger partial charge in [0.2, 0.25) is 0 Å². The molecule has 29 heavy (non-hydrogen) atoms. The van der Waals surface area contributed by atoms with Crippen molar-refractivity contribution in [1.29, 1.82) is 5.26 Å². The molecule has 0 aliphatic carbocycles. The van der Waals surface area contributed by atoms with Crippen LogP contribution in [0, 0.1) is 11.3 Å². The summed E-state index contributed by atoms with van der Waals surface area (Å²) in [5.74, 6) is -0.586. The molecule has 2 aliphatic heterocycles. The number of anilines is 1. The van der Waals surface area contributed by atoms with Crippen molar-refractivity contribution in [1.82, 2.24) is 15.0 Å². The summed E-state index contributed by atoms with van der Waals surface area (Å²) in [5, 5.41) is 19.2. The van der Waals surface area contributed by atoms with Crippen LogP contribution in [0.4, 0.5) is 10.5 Å². The first kappa shape index (κ1) is 18.9. The summed E-state index contributed by atoms with van der Waals surface area (Å²) in [6, 6.07) is 8.18. The normalized spacial score (nSPS) is 25.1. The first-order valence-electron chi connectivity index (χ1n) is 8.80. The summed E-state index contributed by atoms with van der Waals surface area (Å²) < 4.78 is 23.1. The van der Waals surface area contributed by atoms with Crippen molar-refractivity contribution < 1.29 is 28.5 Å². The third-order valence-corrected chi connectivity index (χ3v) is 4.72. The Hall–Kier alpha value is -3.49. The van der Waals surface area contributed by atoms with E-state index < -0.39 is 30.4 Å². The van der Waals surface area contributed by atoms with E-state index in [2.05, 4.69) is 20.4 Å². The fraction of sp³-hybridized carbons (Fsp3) is 0.389. The number of ether oxygens (including phenoxy) is 4. The highest BCUT2D eigenvalue weighted by Gasteiger charge is 2.50. The fourth-order valence-corrected chi connectivity index (χ4v) is 3.36. The van der Waals surface area contributed by atoms with Crippen LogP contribution in [-0.2, 0) is 18.9 Å². The van der Waals surface area contributed by atoms with Crippen LogP contribution in [0.3, 0.4) is 0 Å². The van der Waals surface area contributed by atoms with E-state index in [1.54, 1.807) is 24.3 Å². The quantitative estimate of drug-likeness (QED) is 0.743. The Labute approximate surface area is 165 Å². The van der Waals surface area contributed by atoms with Gasteiger partial charge in [0.1, 0.15) is 18.2 Å². The van der Waals surface area contributed by atoms with Gasteiger partial charge < -0.3 is 18.9 Å². The molecular formula is C18H17N5O6. The SMILES string of the molecule is COC(=O)c1cn([C@H]2CO[C@H]3[C@@H]2OC[C@H]3OC(=O)Nc2cccc(C#N)c2)nn1. The van der Waals surface area contributed by atoms with Crippen LogP contribution in [0.1, 0.15) is 22.1 Å². The molecule has 150 valence electrons. The molecule has 1 N–H and O–H groups in total. The summed E-state index contributed by atoms with van der Waals surface area (Å²) in [5.41, 5.74) is 0.960. The Balaban J connectivity index is 1.37. The van der Waals surface area contributed by atoms with Gasteiger partial charge in [-0.25, -0.2) is 14.3 Å². The second kappa shape index (κ2) is 7.86. The van der Waals surface area contributed by atoms with Gasteiger partial charge in [0.15, 0.2) is 11.8 Å². The summed E-state index contributed by atoms with van der Waals surface area (Å²) in [7, 11) is 1.26. The van der Waals surface area contributed by atoms with Gasteiger partial charge in [-0.15, -0.1) is 5.10 Å². The van der Waals surface area contributed by atoms with Crippen LogP contribution in [0.2, 0.25) is 0 Å². The number of esters is 1. The molecule has 0 saturated carbocycles. The van der Waals surface area contributed by atoms with Crippen LogP contribution < -0.4 is 5.32 Å². The van der Waals surface area contributed by atoms with Crippen molar-refractivity contribution in [2.75, 3.05) is 25.6 Å². The Kier molecular flexibility index (Phi) is 5.11. The minimum atomic E-state index is -0.671. The number of nitrogens with zero attached hydrogens (tertiary/aromatic N) is 4. The molecule has 0 radical (unpaired) electrons. The topological polar surface area (TPSA) is 138 Å². The maximum atomic E-state index is 12.2. The predicted octanol–water partition coefficient (Wildman–Crippen LogP) is 0.892. The molecule has 4 atom stereocenters. The Bertz CT molecular complexity index is 970. The number of carbonyl (C=O) groups excluding carboxylic acids is 2. The zero-order chi connectivity index (χ0) is 20.4. The highest BCUT2D eigenvalue weighted by atomic mass is 16.6. The lowest BCUT2D eigenvalue weighted by atomic mass is 10.1. The van der Waals surface area contributed by atoms with Crippen molar-refractivity contribution in [3.05, 3.63) is 41.7 Å². The van der Waals surface area contributed by atoms with E-state index in [1.165, 1.54) is 18.0 Å². The molecule has 2 saturated heterocycles. The number of aromatic nitrogens is 3. The minimum absolute atomic E-state index is 0.0840. The number of carbonyl (C=O) groups is 2. The van der Waals surface area contributed by atoms with Gasteiger partial charge in [-0.1, -0.05) is 11.3 Å². The number of methoxy groups -OCH3 is 1. The van der Waals surface area contributed by atoms with E-state index in [0.717, 1.165) is 0 Å². The average molecular weight is 399 g/mol. The van der Waals surface area contributed by atoms with Crippen LogP contribution >= 0.6 is 0 Å². The molecule has 1 aromatic carbocycles. The first-order chi connectivity index (χ1) is 14.1. The summed E-state index contributed by atoms with van der Waals surface area (Å²) in [4.78, 5) is 23.8. The second-order valence-corrected chi connectivity index (χ2v) is 6.50. The van der Waals surface area contributed by atoms with Gasteiger partial charge in [0.25, 0.3) is 0 Å². The van der Waals surface area contributed by atoms with Gasteiger partial charge in [-0.3, -0.25) is 5.32 Å². The van der Waals surface area contributed by atoms with Gasteiger partial charge in [0.05, 0.1) is 38.2 Å². The van der Waals surface area contributed by atoms with Crippen molar-refractivity contribution in [3.63, 3.8) is 0 Å². The smallest absolute Gasteiger partial charge is 0.412 e. The van der Waals surface area contributed by atoms with Crippen LogP contribution in [0.5, 0.6) is 0 Å². The molecule has 4 rings (SSSR count). The molecule has 2 aliphatic rings. The lowest BCUT2D eigenvalue weighted by molar-refractivity contribution is 0.00770. The van der Waals surface area contributed by atoms with Crippen LogP contribution in [0.25, 0.3) is 0 Å².